The van der Waals surface area contributed by atoms with E-state index in [0.717, 1.165) is 36.1 Å². The summed E-state index contributed by atoms with van der Waals surface area (Å²) in [6.07, 6.45) is 2.97. The van der Waals surface area contributed by atoms with E-state index in [1.165, 1.54) is 0 Å². The number of hydrogen-bond donors (Lipinski definition) is 2. The van der Waals surface area contributed by atoms with Gasteiger partial charge in [0, 0.05) is 41.7 Å². The number of carbonyl (C=O) groups is 1. The standard InChI is InChI=1S/C18H22ClNO4/c19-13-7-11-1-4-24-17(11)12(8-13)9-16(22)20-14-10-15(21)18(14)2-5-23-6-3-18/h7-8,14-15,21H,1-6,9-10H2,(H,20,22)/t14-,15-/m1/s1. The highest BCUT2D eigenvalue weighted by molar-refractivity contribution is 6.30. The average molecular weight is 352 g/mol. The summed E-state index contributed by atoms with van der Waals surface area (Å²) in [4.78, 5) is 12.5. The maximum absolute atomic E-state index is 12.5. The van der Waals surface area contributed by atoms with Gasteiger partial charge in [0.1, 0.15) is 5.75 Å². The van der Waals surface area contributed by atoms with Gasteiger partial charge in [-0.1, -0.05) is 11.6 Å². The fourth-order valence-corrected chi connectivity index (χ4v) is 4.56. The average Bonchev–Trinajstić information content (AvgIpc) is 3.04. The number of carbonyl (C=O) groups excluding carboxylic acids is 1. The summed E-state index contributed by atoms with van der Waals surface area (Å²) in [5.41, 5.74) is 1.71. The minimum absolute atomic E-state index is 0.0250. The minimum atomic E-state index is -0.342. The van der Waals surface area contributed by atoms with Crippen LogP contribution in [0.25, 0.3) is 0 Å². The Kier molecular flexibility index (Phi) is 4.19. The van der Waals surface area contributed by atoms with Crippen LogP contribution in [-0.2, 0) is 22.4 Å². The van der Waals surface area contributed by atoms with Crippen LogP contribution in [0.2, 0.25) is 5.02 Å². The first-order chi connectivity index (χ1) is 11.6. The van der Waals surface area contributed by atoms with E-state index < -0.39 is 0 Å². The van der Waals surface area contributed by atoms with Crippen molar-refractivity contribution in [1.29, 1.82) is 0 Å². The molecule has 130 valence electrons. The summed E-state index contributed by atoms with van der Waals surface area (Å²) >= 11 is 6.16. The lowest BCUT2D eigenvalue weighted by Crippen LogP contribution is -2.65. The van der Waals surface area contributed by atoms with Gasteiger partial charge in [-0.05, 0) is 37.0 Å². The van der Waals surface area contributed by atoms with Gasteiger partial charge in [-0.2, -0.15) is 0 Å². The molecule has 6 heteroatoms. The number of ether oxygens (including phenoxy) is 2. The number of aliphatic hydroxyl groups is 1. The first kappa shape index (κ1) is 16.2. The number of amides is 1. The van der Waals surface area contributed by atoms with Crippen molar-refractivity contribution in [2.45, 2.75) is 44.2 Å². The first-order valence-electron chi connectivity index (χ1n) is 8.58. The third-order valence-corrected chi connectivity index (χ3v) is 5.97. The summed E-state index contributed by atoms with van der Waals surface area (Å²) in [6.45, 7) is 1.94. The number of nitrogens with one attached hydrogen (secondary N) is 1. The molecule has 1 amide bonds. The van der Waals surface area contributed by atoms with Gasteiger partial charge >= 0.3 is 0 Å². The zero-order valence-corrected chi connectivity index (χ0v) is 14.3. The molecule has 1 aromatic rings. The molecule has 2 fully saturated rings. The summed E-state index contributed by atoms with van der Waals surface area (Å²) in [6, 6.07) is 3.74. The monoisotopic (exact) mass is 351 g/mol. The second-order valence-electron chi connectivity index (χ2n) is 7.05. The van der Waals surface area contributed by atoms with E-state index >= 15 is 0 Å². The van der Waals surface area contributed by atoms with Gasteiger partial charge in [-0.15, -0.1) is 0 Å². The van der Waals surface area contributed by atoms with E-state index in [4.69, 9.17) is 21.1 Å². The van der Waals surface area contributed by atoms with Gasteiger partial charge in [0.15, 0.2) is 0 Å². The van der Waals surface area contributed by atoms with Crippen LogP contribution >= 0.6 is 11.6 Å². The van der Waals surface area contributed by atoms with Gasteiger partial charge in [0.25, 0.3) is 0 Å². The molecule has 2 aliphatic heterocycles. The van der Waals surface area contributed by atoms with Crippen LogP contribution in [-0.4, -0.2) is 43.0 Å². The lowest BCUT2D eigenvalue weighted by atomic mass is 9.58. The number of aliphatic hydroxyl groups excluding tert-OH is 1. The molecule has 1 aliphatic carbocycles. The summed E-state index contributed by atoms with van der Waals surface area (Å²) < 4.78 is 11.1. The van der Waals surface area contributed by atoms with Crippen molar-refractivity contribution in [3.8, 4) is 5.75 Å². The van der Waals surface area contributed by atoms with E-state index in [1.807, 2.05) is 12.1 Å². The lowest BCUT2D eigenvalue weighted by Gasteiger charge is -2.55. The van der Waals surface area contributed by atoms with Crippen LogP contribution in [0.3, 0.4) is 0 Å². The molecule has 0 aromatic heterocycles. The third-order valence-electron chi connectivity index (χ3n) is 5.75. The van der Waals surface area contributed by atoms with Crippen LogP contribution in [0.5, 0.6) is 5.75 Å². The Bertz CT molecular complexity index is 657. The molecule has 2 heterocycles. The van der Waals surface area contributed by atoms with Crippen molar-refractivity contribution in [3.05, 3.63) is 28.3 Å². The molecule has 24 heavy (non-hydrogen) atoms. The Hall–Kier alpha value is -1.30. The molecular formula is C18H22ClNO4. The largest absolute Gasteiger partial charge is 0.493 e. The van der Waals surface area contributed by atoms with Crippen LogP contribution in [0.15, 0.2) is 12.1 Å². The van der Waals surface area contributed by atoms with Crippen LogP contribution in [0.4, 0.5) is 0 Å². The molecule has 5 nitrogen and oxygen atoms in total. The summed E-state index contributed by atoms with van der Waals surface area (Å²) in [5.74, 6) is 0.765. The Morgan fingerprint density at radius 3 is 2.88 bits per heavy atom. The molecule has 1 aromatic carbocycles. The highest BCUT2D eigenvalue weighted by Gasteiger charge is 2.55. The van der Waals surface area contributed by atoms with Crippen LogP contribution in [0.1, 0.15) is 30.4 Å². The van der Waals surface area contributed by atoms with Gasteiger partial charge < -0.3 is 19.9 Å². The maximum atomic E-state index is 12.5. The molecular weight excluding hydrogens is 330 g/mol. The van der Waals surface area contributed by atoms with Crippen LogP contribution in [0, 0.1) is 5.41 Å². The minimum Gasteiger partial charge on any atom is -0.493 e. The summed E-state index contributed by atoms with van der Waals surface area (Å²) in [5, 5.41) is 14.0. The van der Waals surface area contributed by atoms with Gasteiger partial charge in [-0.25, -0.2) is 0 Å². The second kappa shape index (κ2) is 6.21. The van der Waals surface area contributed by atoms with E-state index in [2.05, 4.69) is 5.32 Å². The van der Waals surface area contributed by atoms with Gasteiger partial charge in [0.2, 0.25) is 5.91 Å². The van der Waals surface area contributed by atoms with Crippen molar-refractivity contribution in [2.75, 3.05) is 19.8 Å². The molecule has 4 rings (SSSR count). The van der Waals surface area contributed by atoms with E-state index in [0.29, 0.717) is 31.3 Å². The fraction of sp³-hybridized carbons (Fsp3) is 0.611. The summed E-state index contributed by atoms with van der Waals surface area (Å²) in [7, 11) is 0. The predicted molar refractivity (Wildman–Crippen MR) is 89.4 cm³/mol. The van der Waals surface area contributed by atoms with E-state index in [9.17, 15) is 9.90 Å². The second-order valence-corrected chi connectivity index (χ2v) is 7.48. The van der Waals surface area contributed by atoms with Crippen molar-refractivity contribution in [3.63, 3.8) is 0 Å². The molecule has 1 saturated carbocycles. The topological polar surface area (TPSA) is 67.8 Å². The maximum Gasteiger partial charge on any atom is 0.224 e. The Labute approximate surface area is 146 Å². The van der Waals surface area contributed by atoms with Gasteiger partial charge in [0.05, 0.1) is 19.1 Å². The zero-order valence-electron chi connectivity index (χ0n) is 13.5. The molecule has 0 unspecified atom stereocenters. The quantitative estimate of drug-likeness (QED) is 0.872. The first-order valence-corrected chi connectivity index (χ1v) is 8.95. The van der Waals surface area contributed by atoms with Crippen molar-refractivity contribution < 1.29 is 19.4 Å². The van der Waals surface area contributed by atoms with Crippen LogP contribution < -0.4 is 10.1 Å². The molecule has 3 aliphatic rings. The molecule has 1 saturated heterocycles. The number of hydrogen-bond acceptors (Lipinski definition) is 4. The Morgan fingerprint density at radius 2 is 2.12 bits per heavy atom. The highest BCUT2D eigenvalue weighted by atomic mass is 35.5. The molecule has 0 bridgehead atoms. The number of benzene rings is 1. The van der Waals surface area contributed by atoms with Crippen molar-refractivity contribution in [1.82, 2.24) is 5.32 Å². The normalized spacial score (nSPS) is 27.2. The Balaban J connectivity index is 1.45. The third kappa shape index (κ3) is 2.68. The van der Waals surface area contributed by atoms with E-state index in [-0.39, 0.29) is 29.9 Å². The Morgan fingerprint density at radius 1 is 1.33 bits per heavy atom. The molecule has 2 atom stereocenters. The van der Waals surface area contributed by atoms with Crippen molar-refractivity contribution in [2.24, 2.45) is 5.41 Å². The van der Waals surface area contributed by atoms with E-state index in [1.54, 1.807) is 0 Å². The van der Waals surface area contributed by atoms with Gasteiger partial charge in [-0.3, -0.25) is 4.79 Å². The molecule has 0 radical (unpaired) electrons. The molecule has 2 N–H and O–H groups in total. The number of fused-ring (bicyclic) bond motifs is 1. The molecule has 1 spiro atoms. The smallest absolute Gasteiger partial charge is 0.224 e. The predicted octanol–water partition coefficient (Wildman–Crippen LogP) is 1.86. The number of halogens is 1. The fourth-order valence-electron chi connectivity index (χ4n) is 4.30. The lowest BCUT2D eigenvalue weighted by molar-refractivity contribution is -0.155. The van der Waals surface area contributed by atoms with Crippen molar-refractivity contribution >= 4 is 17.5 Å². The zero-order chi connectivity index (χ0) is 16.7. The SMILES string of the molecule is O=C(Cc1cc(Cl)cc2c1OCC2)N[C@@H]1C[C@@H](O)C12CCOCC2. The number of rotatable bonds is 3. The highest BCUT2D eigenvalue weighted by Crippen LogP contribution is 2.49.